The highest BCUT2D eigenvalue weighted by molar-refractivity contribution is 6.36. The minimum atomic E-state index is -3.01. The SMILES string of the molecule is O=C(/C=C/c1ccc(OC(F)F)c2oc3ccccc3c12)c1cc(Cl)cc(Cl)c1O. The maximum atomic E-state index is 12.8. The molecule has 30 heavy (non-hydrogen) atoms. The summed E-state index contributed by atoms with van der Waals surface area (Å²) in [4.78, 5) is 12.6. The van der Waals surface area contributed by atoms with Crippen LogP contribution in [0, 0.1) is 0 Å². The number of fused-ring (bicyclic) bond motifs is 3. The third kappa shape index (κ3) is 3.72. The number of ether oxygens (including phenoxy) is 1. The molecule has 3 aromatic carbocycles. The zero-order chi connectivity index (χ0) is 21.4. The van der Waals surface area contributed by atoms with Gasteiger partial charge in [-0.25, -0.2) is 0 Å². The predicted octanol–water partition coefficient (Wildman–Crippen LogP) is 7.10. The molecule has 0 bridgehead atoms. The van der Waals surface area contributed by atoms with Crippen molar-refractivity contribution in [2.24, 2.45) is 0 Å². The highest BCUT2D eigenvalue weighted by Gasteiger charge is 2.18. The largest absolute Gasteiger partial charge is 0.506 e. The molecule has 0 unspecified atom stereocenters. The quantitative estimate of drug-likeness (QED) is 0.261. The lowest BCUT2D eigenvalue weighted by Crippen LogP contribution is -2.02. The first kappa shape index (κ1) is 20.2. The third-order valence-corrected chi connectivity index (χ3v) is 4.95. The molecule has 1 aromatic heterocycles. The predicted molar refractivity (Wildman–Crippen MR) is 112 cm³/mol. The maximum absolute atomic E-state index is 12.8. The monoisotopic (exact) mass is 448 g/mol. The molecule has 8 heteroatoms. The molecule has 1 heterocycles. The second kappa shape index (κ2) is 7.97. The lowest BCUT2D eigenvalue weighted by atomic mass is 10.0. The number of carbonyl (C=O) groups excluding carboxylic acids is 1. The lowest BCUT2D eigenvalue weighted by Gasteiger charge is -2.06. The van der Waals surface area contributed by atoms with Gasteiger partial charge in [-0.1, -0.05) is 53.5 Å². The molecule has 0 radical (unpaired) electrons. The van der Waals surface area contributed by atoms with Crippen molar-refractivity contribution in [3.05, 3.63) is 75.8 Å². The molecule has 0 aliphatic heterocycles. The summed E-state index contributed by atoms with van der Waals surface area (Å²) >= 11 is 11.8. The van der Waals surface area contributed by atoms with Crippen LogP contribution in [0.5, 0.6) is 11.5 Å². The molecule has 0 aliphatic rings. The van der Waals surface area contributed by atoms with Crippen molar-refractivity contribution >= 4 is 57.0 Å². The fourth-order valence-corrected chi connectivity index (χ4v) is 3.66. The topological polar surface area (TPSA) is 59.7 Å². The Hall–Kier alpha value is -3.09. The van der Waals surface area contributed by atoms with E-state index < -0.39 is 12.4 Å². The molecule has 152 valence electrons. The number of carbonyl (C=O) groups is 1. The van der Waals surface area contributed by atoms with Gasteiger partial charge in [0.1, 0.15) is 11.3 Å². The van der Waals surface area contributed by atoms with Crippen LogP contribution < -0.4 is 4.74 Å². The molecular weight excluding hydrogens is 437 g/mol. The van der Waals surface area contributed by atoms with Gasteiger partial charge < -0.3 is 14.3 Å². The number of phenols is 1. The third-order valence-electron chi connectivity index (χ3n) is 4.45. The average Bonchev–Trinajstić information content (AvgIpc) is 3.10. The average molecular weight is 449 g/mol. The van der Waals surface area contributed by atoms with E-state index in [2.05, 4.69) is 4.74 Å². The van der Waals surface area contributed by atoms with Crippen LogP contribution in [0.15, 0.2) is 59.0 Å². The number of rotatable bonds is 5. The Morgan fingerprint density at radius 1 is 1.13 bits per heavy atom. The Morgan fingerprint density at radius 2 is 1.90 bits per heavy atom. The Balaban J connectivity index is 1.82. The van der Waals surface area contributed by atoms with Gasteiger partial charge in [-0.05, 0) is 35.9 Å². The van der Waals surface area contributed by atoms with Gasteiger partial charge in [0.2, 0.25) is 0 Å². The number of aromatic hydroxyl groups is 1. The number of benzene rings is 3. The summed E-state index contributed by atoms with van der Waals surface area (Å²) in [5.74, 6) is -1.03. The van der Waals surface area contributed by atoms with E-state index in [4.69, 9.17) is 27.6 Å². The number of para-hydroxylation sites is 1. The number of phenolic OH excluding ortho intramolecular Hbond substituents is 1. The van der Waals surface area contributed by atoms with Gasteiger partial charge in [-0.15, -0.1) is 0 Å². The van der Waals surface area contributed by atoms with Crippen molar-refractivity contribution in [1.29, 1.82) is 0 Å². The van der Waals surface area contributed by atoms with Crippen LogP contribution in [-0.4, -0.2) is 17.5 Å². The minimum Gasteiger partial charge on any atom is -0.506 e. The molecule has 4 rings (SSSR count). The highest BCUT2D eigenvalue weighted by atomic mass is 35.5. The normalized spacial score (nSPS) is 11.8. The molecule has 0 atom stereocenters. The van der Waals surface area contributed by atoms with Crippen molar-refractivity contribution in [3.63, 3.8) is 0 Å². The van der Waals surface area contributed by atoms with Gasteiger partial charge >= 0.3 is 6.61 Å². The zero-order valence-corrected chi connectivity index (χ0v) is 16.5. The Bertz CT molecular complexity index is 1310. The number of allylic oxidation sites excluding steroid dienone is 1. The minimum absolute atomic E-state index is 0.0454. The van der Waals surface area contributed by atoms with Crippen LogP contribution in [0.25, 0.3) is 28.0 Å². The molecule has 0 saturated carbocycles. The van der Waals surface area contributed by atoms with Crippen LogP contribution in [0.4, 0.5) is 8.78 Å². The summed E-state index contributed by atoms with van der Waals surface area (Å²) in [6.45, 7) is -3.01. The van der Waals surface area contributed by atoms with E-state index >= 15 is 0 Å². The van der Waals surface area contributed by atoms with Crippen LogP contribution in [-0.2, 0) is 0 Å². The van der Waals surface area contributed by atoms with E-state index in [-0.39, 0.29) is 32.7 Å². The molecule has 4 aromatic rings. The van der Waals surface area contributed by atoms with Crippen molar-refractivity contribution in [2.75, 3.05) is 0 Å². The van der Waals surface area contributed by atoms with E-state index in [1.807, 2.05) is 0 Å². The van der Waals surface area contributed by atoms with Crippen LogP contribution >= 0.6 is 23.2 Å². The van der Waals surface area contributed by atoms with Gasteiger partial charge in [0.05, 0.1) is 10.6 Å². The second-order valence-electron chi connectivity index (χ2n) is 6.32. The standard InChI is InChI=1S/C22H12Cl2F2O4/c23-12-9-14(20(28)15(24)10-12)16(27)7-5-11-6-8-18(30-22(25)26)21-19(11)13-3-1-2-4-17(13)29-21/h1-10,22,28H/b7-5+. The first-order valence-corrected chi connectivity index (χ1v) is 9.40. The molecular formula is C22H12Cl2F2O4. The number of halogens is 4. The van der Waals surface area contributed by atoms with E-state index in [0.29, 0.717) is 21.9 Å². The fourth-order valence-electron chi connectivity index (χ4n) is 3.17. The van der Waals surface area contributed by atoms with Crippen LogP contribution in [0.2, 0.25) is 10.0 Å². The Morgan fingerprint density at radius 3 is 2.67 bits per heavy atom. The number of ketones is 1. The maximum Gasteiger partial charge on any atom is 0.387 e. The number of hydrogen-bond donors (Lipinski definition) is 1. The summed E-state index contributed by atoms with van der Waals surface area (Å²) in [6, 6.07) is 12.5. The van der Waals surface area contributed by atoms with Gasteiger partial charge in [0, 0.05) is 15.8 Å². The number of alkyl halides is 2. The molecule has 0 fully saturated rings. The fraction of sp³-hybridized carbons (Fsp3) is 0.0455. The Labute approximate surface area is 178 Å². The molecule has 1 N–H and O–H groups in total. The van der Waals surface area contributed by atoms with E-state index in [0.717, 1.165) is 0 Å². The van der Waals surface area contributed by atoms with Gasteiger partial charge in [0.25, 0.3) is 0 Å². The van der Waals surface area contributed by atoms with Gasteiger partial charge in [-0.3, -0.25) is 4.79 Å². The molecule has 0 amide bonds. The van der Waals surface area contributed by atoms with Crippen molar-refractivity contribution in [2.45, 2.75) is 6.61 Å². The summed E-state index contributed by atoms with van der Waals surface area (Å²) in [6.07, 6.45) is 2.72. The van der Waals surface area contributed by atoms with Crippen LogP contribution in [0.1, 0.15) is 15.9 Å². The summed E-state index contributed by atoms with van der Waals surface area (Å²) in [5, 5.41) is 11.4. The lowest BCUT2D eigenvalue weighted by molar-refractivity contribution is -0.0493. The summed E-state index contributed by atoms with van der Waals surface area (Å²) < 4.78 is 35.8. The number of hydrogen-bond acceptors (Lipinski definition) is 4. The number of furan rings is 1. The van der Waals surface area contributed by atoms with Gasteiger partial charge in [0.15, 0.2) is 17.1 Å². The van der Waals surface area contributed by atoms with Crippen molar-refractivity contribution in [1.82, 2.24) is 0 Å². The Kier molecular flexibility index (Phi) is 5.37. The molecule has 4 nitrogen and oxygen atoms in total. The first-order chi connectivity index (χ1) is 14.3. The smallest absolute Gasteiger partial charge is 0.387 e. The highest BCUT2D eigenvalue weighted by Crippen LogP contribution is 2.38. The van der Waals surface area contributed by atoms with Gasteiger partial charge in [-0.2, -0.15) is 8.78 Å². The second-order valence-corrected chi connectivity index (χ2v) is 7.16. The van der Waals surface area contributed by atoms with Crippen molar-refractivity contribution in [3.8, 4) is 11.5 Å². The van der Waals surface area contributed by atoms with E-state index in [1.165, 1.54) is 36.4 Å². The van der Waals surface area contributed by atoms with E-state index in [1.54, 1.807) is 24.3 Å². The summed E-state index contributed by atoms with van der Waals surface area (Å²) in [5.41, 5.74) is 1.10. The molecule has 0 aliphatic carbocycles. The zero-order valence-electron chi connectivity index (χ0n) is 15.0. The summed E-state index contributed by atoms with van der Waals surface area (Å²) in [7, 11) is 0. The van der Waals surface area contributed by atoms with Crippen molar-refractivity contribution < 1.29 is 27.8 Å². The van der Waals surface area contributed by atoms with Crippen LogP contribution in [0.3, 0.4) is 0 Å². The molecule has 0 saturated heterocycles. The first-order valence-electron chi connectivity index (χ1n) is 8.64. The van der Waals surface area contributed by atoms with E-state index in [9.17, 15) is 18.7 Å². The molecule has 0 spiro atoms.